The highest BCUT2D eigenvalue weighted by atomic mass is 16.5. The number of hydrogen-bond acceptors (Lipinski definition) is 4. The smallest absolute Gasteiger partial charge is 0.251 e. The number of nitrogens with one attached hydrogen (secondary N) is 2. The third kappa shape index (κ3) is 6.54. The number of carbonyl (C=O) groups excluding carboxylic acids is 1. The van der Waals surface area contributed by atoms with Gasteiger partial charge < -0.3 is 20.5 Å². The Morgan fingerprint density at radius 3 is 2.70 bits per heavy atom. The van der Waals surface area contributed by atoms with Crippen molar-refractivity contribution in [1.29, 1.82) is 0 Å². The monoisotopic (exact) mass is 280 g/mol. The molecule has 1 aromatic rings. The quantitative estimate of drug-likeness (QED) is 0.625. The van der Waals surface area contributed by atoms with Gasteiger partial charge in [-0.3, -0.25) is 4.79 Å². The van der Waals surface area contributed by atoms with Crippen molar-refractivity contribution in [2.75, 3.05) is 19.6 Å². The maximum atomic E-state index is 11.9. The molecule has 3 N–H and O–H groups in total. The first kappa shape index (κ1) is 16.5. The zero-order chi connectivity index (χ0) is 15.0. The predicted molar refractivity (Wildman–Crippen MR) is 79.1 cm³/mol. The summed E-state index contributed by atoms with van der Waals surface area (Å²) in [6, 6.07) is 7.13. The van der Waals surface area contributed by atoms with Crippen molar-refractivity contribution >= 4 is 5.91 Å². The van der Waals surface area contributed by atoms with Crippen molar-refractivity contribution in [3.63, 3.8) is 0 Å². The molecule has 20 heavy (non-hydrogen) atoms. The van der Waals surface area contributed by atoms with Gasteiger partial charge in [0, 0.05) is 25.2 Å². The Kier molecular flexibility index (Phi) is 7.04. The van der Waals surface area contributed by atoms with E-state index >= 15 is 0 Å². The second-order valence-electron chi connectivity index (χ2n) is 5.00. The Morgan fingerprint density at radius 1 is 1.30 bits per heavy atom. The standard InChI is InChI=1S/C15H24N2O3/c1-11(2)20-14-6-4-5-13(9-14)15(19)17-8-7-16-10-12(3)18/h4-6,9,11-12,16,18H,7-8,10H2,1-3H3,(H,17,19). The molecule has 0 aliphatic heterocycles. The fourth-order valence-electron chi connectivity index (χ4n) is 1.66. The third-order valence-electron chi connectivity index (χ3n) is 2.50. The average molecular weight is 280 g/mol. The lowest BCUT2D eigenvalue weighted by molar-refractivity contribution is 0.0953. The summed E-state index contributed by atoms with van der Waals surface area (Å²) in [5.41, 5.74) is 0.582. The van der Waals surface area contributed by atoms with E-state index in [1.807, 2.05) is 19.9 Å². The number of aliphatic hydroxyl groups excluding tert-OH is 1. The molecule has 1 amide bonds. The lowest BCUT2D eigenvalue weighted by Crippen LogP contribution is -2.34. The van der Waals surface area contributed by atoms with Crippen LogP contribution in [-0.2, 0) is 0 Å². The Bertz CT molecular complexity index is 419. The highest BCUT2D eigenvalue weighted by Crippen LogP contribution is 2.14. The highest BCUT2D eigenvalue weighted by Gasteiger charge is 2.06. The molecule has 0 spiro atoms. The van der Waals surface area contributed by atoms with E-state index in [1.54, 1.807) is 25.1 Å². The zero-order valence-electron chi connectivity index (χ0n) is 12.3. The fourth-order valence-corrected chi connectivity index (χ4v) is 1.66. The summed E-state index contributed by atoms with van der Waals surface area (Å²) in [5, 5.41) is 14.9. The topological polar surface area (TPSA) is 70.6 Å². The molecule has 1 unspecified atom stereocenters. The maximum Gasteiger partial charge on any atom is 0.251 e. The SMILES string of the molecule is CC(O)CNCCNC(=O)c1cccc(OC(C)C)c1. The number of amides is 1. The number of rotatable bonds is 8. The van der Waals surface area contributed by atoms with Crippen LogP contribution in [0.3, 0.4) is 0 Å². The van der Waals surface area contributed by atoms with Crippen LogP contribution in [0.1, 0.15) is 31.1 Å². The number of aliphatic hydroxyl groups is 1. The summed E-state index contributed by atoms with van der Waals surface area (Å²) < 4.78 is 5.55. The Hall–Kier alpha value is -1.59. The van der Waals surface area contributed by atoms with Crippen LogP contribution in [0.25, 0.3) is 0 Å². The van der Waals surface area contributed by atoms with E-state index in [2.05, 4.69) is 10.6 Å². The molecule has 0 fully saturated rings. The van der Waals surface area contributed by atoms with Crippen molar-refractivity contribution in [3.05, 3.63) is 29.8 Å². The molecule has 0 aliphatic carbocycles. The maximum absolute atomic E-state index is 11.9. The molecule has 0 heterocycles. The Morgan fingerprint density at radius 2 is 2.05 bits per heavy atom. The van der Waals surface area contributed by atoms with Gasteiger partial charge >= 0.3 is 0 Å². The molecule has 5 nitrogen and oxygen atoms in total. The van der Waals surface area contributed by atoms with Crippen LogP contribution >= 0.6 is 0 Å². The summed E-state index contributed by atoms with van der Waals surface area (Å²) in [4.78, 5) is 11.9. The molecule has 1 aromatic carbocycles. The first-order valence-electron chi connectivity index (χ1n) is 6.92. The minimum absolute atomic E-state index is 0.0815. The molecular formula is C15H24N2O3. The molecule has 0 bridgehead atoms. The second-order valence-corrected chi connectivity index (χ2v) is 5.00. The van der Waals surface area contributed by atoms with Crippen LogP contribution in [0.4, 0.5) is 0 Å². The summed E-state index contributed by atoms with van der Waals surface area (Å²) in [6.45, 7) is 7.26. The van der Waals surface area contributed by atoms with E-state index in [1.165, 1.54) is 0 Å². The van der Waals surface area contributed by atoms with Crippen molar-refractivity contribution in [3.8, 4) is 5.75 Å². The lowest BCUT2D eigenvalue weighted by atomic mass is 10.2. The van der Waals surface area contributed by atoms with E-state index in [0.717, 1.165) is 0 Å². The predicted octanol–water partition coefficient (Wildman–Crippen LogP) is 1.17. The van der Waals surface area contributed by atoms with Gasteiger partial charge in [-0.05, 0) is 39.0 Å². The Balaban J connectivity index is 2.39. The van der Waals surface area contributed by atoms with Crippen LogP contribution in [0.15, 0.2) is 24.3 Å². The largest absolute Gasteiger partial charge is 0.491 e. The number of carbonyl (C=O) groups is 1. The second kappa shape index (κ2) is 8.55. The molecule has 5 heteroatoms. The lowest BCUT2D eigenvalue weighted by Gasteiger charge is -2.11. The van der Waals surface area contributed by atoms with Crippen LogP contribution in [-0.4, -0.2) is 42.9 Å². The van der Waals surface area contributed by atoms with Gasteiger partial charge in [-0.15, -0.1) is 0 Å². The molecule has 0 saturated heterocycles. The van der Waals surface area contributed by atoms with E-state index in [0.29, 0.717) is 30.9 Å². The number of ether oxygens (including phenoxy) is 1. The number of hydrogen-bond donors (Lipinski definition) is 3. The van der Waals surface area contributed by atoms with Gasteiger partial charge in [-0.1, -0.05) is 6.07 Å². The fraction of sp³-hybridized carbons (Fsp3) is 0.533. The molecule has 1 rings (SSSR count). The van der Waals surface area contributed by atoms with Crippen molar-refractivity contribution < 1.29 is 14.6 Å². The van der Waals surface area contributed by atoms with Crippen molar-refractivity contribution in [2.45, 2.75) is 33.0 Å². The zero-order valence-corrected chi connectivity index (χ0v) is 12.3. The minimum atomic E-state index is -0.379. The normalized spacial score (nSPS) is 12.2. The molecule has 0 saturated carbocycles. The van der Waals surface area contributed by atoms with Gasteiger partial charge in [-0.25, -0.2) is 0 Å². The van der Waals surface area contributed by atoms with E-state index in [-0.39, 0.29) is 18.1 Å². The summed E-state index contributed by atoms with van der Waals surface area (Å²) >= 11 is 0. The Labute approximate surface area is 120 Å². The molecule has 1 atom stereocenters. The van der Waals surface area contributed by atoms with Crippen LogP contribution < -0.4 is 15.4 Å². The van der Waals surface area contributed by atoms with E-state index < -0.39 is 0 Å². The van der Waals surface area contributed by atoms with Gasteiger partial charge in [0.15, 0.2) is 0 Å². The molecule has 0 aromatic heterocycles. The van der Waals surface area contributed by atoms with Crippen molar-refractivity contribution in [2.24, 2.45) is 0 Å². The van der Waals surface area contributed by atoms with Gasteiger partial charge in [-0.2, -0.15) is 0 Å². The van der Waals surface area contributed by atoms with E-state index in [4.69, 9.17) is 9.84 Å². The summed E-state index contributed by atoms with van der Waals surface area (Å²) in [5.74, 6) is 0.568. The summed E-state index contributed by atoms with van der Waals surface area (Å²) in [6.07, 6.45) is -0.298. The summed E-state index contributed by atoms with van der Waals surface area (Å²) in [7, 11) is 0. The van der Waals surface area contributed by atoms with Gasteiger partial charge in [0.2, 0.25) is 0 Å². The third-order valence-corrected chi connectivity index (χ3v) is 2.50. The van der Waals surface area contributed by atoms with Gasteiger partial charge in [0.1, 0.15) is 5.75 Å². The molecule has 112 valence electrons. The average Bonchev–Trinajstić information content (AvgIpc) is 2.37. The molecule has 0 aliphatic rings. The highest BCUT2D eigenvalue weighted by molar-refractivity contribution is 5.94. The first-order chi connectivity index (χ1) is 9.49. The van der Waals surface area contributed by atoms with Crippen LogP contribution in [0, 0.1) is 0 Å². The van der Waals surface area contributed by atoms with Crippen molar-refractivity contribution in [1.82, 2.24) is 10.6 Å². The van der Waals surface area contributed by atoms with Gasteiger partial charge in [0.25, 0.3) is 5.91 Å². The van der Waals surface area contributed by atoms with Crippen LogP contribution in [0.5, 0.6) is 5.75 Å². The minimum Gasteiger partial charge on any atom is -0.491 e. The molecular weight excluding hydrogens is 256 g/mol. The van der Waals surface area contributed by atoms with Gasteiger partial charge in [0.05, 0.1) is 12.2 Å². The van der Waals surface area contributed by atoms with E-state index in [9.17, 15) is 4.79 Å². The van der Waals surface area contributed by atoms with Crippen LogP contribution in [0.2, 0.25) is 0 Å². The first-order valence-corrected chi connectivity index (χ1v) is 6.92. The number of benzene rings is 1. The molecule has 0 radical (unpaired) electrons.